The van der Waals surface area contributed by atoms with Gasteiger partial charge in [-0.3, -0.25) is 14.6 Å². The molecule has 0 unspecified atom stereocenters. The van der Waals surface area contributed by atoms with E-state index >= 15 is 0 Å². The average Bonchev–Trinajstić information content (AvgIpc) is 2.76. The van der Waals surface area contributed by atoms with Gasteiger partial charge < -0.3 is 4.90 Å². The van der Waals surface area contributed by atoms with Crippen molar-refractivity contribution in [3.05, 3.63) is 65.9 Å². The topological polar surface area (TPSA) is 87.7 Å². The molecule has 1 aromatic heterocycles. The first kappa shape index (κ1) is 22.0. The molecule has 32 heavy (non-hydrogen) atoms. The summed E-state index contributed by atoms with van der Waals surface area (Å²) in [6, 6.07) is 16.3. The van der Waals surface area contributed by atoms with Crippen LogP contribution in [0.2, 0.25) is 0 Å². The summed E-state index contributed by atoms with van der Waals surface area (Å²) in [6.45, 7) is 2.47. The second kappa shape index (κ2) is 8.70. The number of carbonyl (C=O) groups is 2. The van der Waals surface area contributed by atoms with Gasteiger partial charge in [0.15, 0.2) is 0 Å². The van der Waals surface area contributed by atoms with Crippen molar-refractivity contribution >= 4 is 44.1 Å². The van der Waals surface area contributed by atoms with Crippen molar-refractivity contribution in [3.63, 3.8) is 0 Å². The predicted molar refractivity (Wildman–Crippen MR) is 125 cm³/mol. The van der Waals surface area contributed by atoms with Crippen LogP contribution in [0, 0.1) is 6.92 Å². The highest BCUT2D eigenvalue weighted by atomic mass is 32.2. The molecule has 0 aliphatic carbocycles. The Morgan fingerprint density at radius 3 is 2.62 bits per heavy atom. The van der Waals surface area contributed by atoms with E-state index in [0.717, 1.165) is 45.7 Å². The van der Waals surface area contributed by atoms with Crippen LogP contribution in [-0.4, -0.2) is 38.0 Å². The van der Waals surface area contributed by atoms with Gasteiger partial charge in [0.05, 0.1) is 17.5 Å². The lowest BCUT2D eigenvalue weighted by Gasteiger charge is -2.29. The molecule has 4 rings (SSSR count). The molecule has 7 nitrogen and oxygen atoms in total. The summed E-state index contributed by atoms with van der Waals surface area (Å²) < 4.78 is 25.7. The van der Waals surface area contributed by atoms with E-state index in [4.69, 9.17) is 0 Å². The van der Waals surface area contributed by atoms with E-state index < -0.39 is 15.9 Å². The molecule has 0 saturated carbocycles. The van der Waals surface area contributed by atoms with Crippen LogP contribution >= 0.6 is 0 Å². The number of benzene rings is 2. The Kier molecular flexibility index (Phi) is 5.97. The van der Waals surface area contributed by atoms with Gasteiger partial charge in [-0.25, -0.2) is 12.7 Å². The van der Waals surface area contributed by atoms with Gasteiger partial charge in [0.1, 0.15) is 0 Å². The zero-order valence-electron chi connectivity index (χ0n) is 18.1. The second-order valence-corrected chi connectivity index (χ2v) is 9.86. The number of hydrogen-bond acceptors (Lipinski definition) is 5. The smallest absolute Gasteiger partial charge is 0.241 e. The number of nitrogens with zero attached hydrogens (tertiary/aromatic N) is 3. The molecule has 0 N–H and O–H groups in total. The lowest BCUT2D eigenvalue weighted by molar-refractivity contribution is -0.123. The van der Waals surface area contributed by atoms with Gasteiger partial charge in [-0.05, 0) is 55.7 Å². The second-order valence-electron chi connectivity index (χ2n) is 8.03. The van der Waals surface area contributed by atoms with Gasteiger partial charge in [0, 0.05) is 36.2 Å². The summed E-state index contributed by atoms with van der Waals surface area (Å²) in [5, 5.41) is 0.732. The van der Waals surface area contributed by atoms with Gasteiger partial charge in [0.2, 0.25) is 21.8 Å². The van der Waals surface area contributed by atoms with Crippen LogP contribution < -0.4 is 9.21 Å². The minimum atomic E-state index is -3.88. The summed E-state index contributed by atoms with van der Waals surface area (Å²) in [5.74, 6) is -0.817. The molecule has 166 valence electrons. The molecule has 0 fully saturated rings. The van der Waals surface area contributed by atoms with E-state index in [0.29, 0.717) is 12.1 Å². The number of aryl methyl sites for hydroxylation is 2. The number of para-hydroxylation sites is 1. The van der Waals surface area contributed by atoms with Crippen LogP contribution in [0.5, 0.6) is 0 Å². The molecule has 2 aromatic carbocycles. The molecule has 0 radical (unpaired) electrons. The summed E-state index contributed by atoms with van der Waals surface area (Å²) in [7, 11) is -3.88. The fourth-order valence-electron chi connectivity index (χ4n) is 4.10. The van der Waals surface area contributed by atoms with Crippen molar-refractivity contribution in [2.45, 2.75) is 32.6 Å². The number of carbonyl (C=O) groups excluding carboxylic acids is 2. The standard InChI is InChI=1S/C24H25N3O4S/c1-17-9-10-19-16-20(11-12-21(19)25-17)27(32(2,30)31)24(29)14-13-23(28)26-15-5-7-18-6-3-4-8-22(18)26/h3-4,6,8-12,16H,5,7,13-15H2,1-2H3. The number of sulfonamides is 1. The first-order chi connectivity index (χ1) is 15.2. The van der Waals surface area contributed by atoms with Crippen LogP contribution in [0.1, 0.15) is 30.5 Å². The zero-order chi connectivity index (χ0) is 22.9. The van der Waals surface area contributed by atoms with Crippen molar-refractivity contribution in [2.75, 3.05) is 22.0 Å². The van der Waals surface area contributed by atoms with Gasteiger partial charge in [-0.1, -0.05) is 24.3 Å². The number of hydrogen-bond donors (Lipinski definition) is 0. The van der Waals surface area contributed by atoms with E-state index in [1.165, 1.54) is 0 Å². The number of pyridine rings is 1. The van der Waals surface area contributed by atoms with Crippen molar-refractivity contribution in [2.24, 2.45) is 0 Å². The molecular formula is C24H25N3O4S. The quantitative estimate of drug-likeness (QED) is 0.592. The van der Waals surface area contributed by atoms with Crippen LogP contribution in [0.15, 0.2) is 54.6 Å². The first-order valence-corrected chi connectivity index (χ1v) is 12.4. The number of anilines is 2. The SMILES string of the molecule is Cc1ccc2cc(N(C(=O)CCC(=O)N3CCCc4ccccc43)S(C)(=O)=O)ccc2n1. The van der Waals surface area contributed by atoms with E-state index in [1.54, 1.807) is 23.1 Å². The monoisotopic (exact) mass is 451 g/mol. The maximum Gasteiger partial charge on any atom is 0.241 e. The number of amides is 2. The molecule has 0 saturated heterocycles. The molecule has 0 bridgehead atoms. The molecule has 3 aromatic rings. The molecule has 1 aliphatic rings. The Labute approximate surface area is 187 Å². The fraction of sp³-hybridized carbons (Fsp3) is 0.292. The summed E-state index contributed by atoms with van der Waals surface area (Å²) in [4.78, 5) is 32.0. The fourth-order valence-corrected chi connectivity index (χ4v) is 5.06. The maximum atomic E-state index is 13.0. The predicted octanol–water partition coefficient (Wildman–Crippen LogP) is 3.60. The number of fused-ring (bicyclic) bond motifs is 2. The van der Waals surface area contributed by atoms with Gasteiger partial charge in [-0.15, -0.1) is 0 Å². The van der Waals surface area contributed by atoms with E-state index in [-0.39, 0.29) is 24.4 Å². The molecule has 1 aliphatic heterocycles. The Bertz CT molecular complexity index is 1300. The van der Waals surface area contributed by atoms with Gasteiger partial charge in [0.25, 0.3) is 0 Å². The van der Waals surface area contributed by atoms with Crippen molar-refractivity contribution in [1.29, 1.82) is 0 Å². The number of aromatic nitrogens is 1. The molecule has 2 amide bonds. The van der Waals surface area contributed by atoms with Crippen LogP contribution in [-0.2, 0) is 26.0 Å². The minimum Gasteiger partial charge on any atom is -0.312 e. The highest BCUT2D eigenvalue weighted by Crippen LogP contribution is 2.28. The van der Waals surface area contributed by atoms with Crippen molar-refractivity contribution in [1.82, 2.24) is 4.98 Å². The minimum absolute atomic E-state index is 0.0620. The molecule has 8 heteroatoms. The van der Waals surface area contributed by atoms with Crippen LogP contribution in [0.25, 0.3) is 10.9 Å². The maximum absolute atomic E-state index is 13.0. The lowest BCUT2D eigenvalue weighted by Crippen LogP contribution is -2.39. The molecular weight excluding hydrogens is 426 g/mol. The summed E-state index contributed by atoms with van der Waals surface area (Å²) >= 11 is 0. The molecule has 0 atom stereocenters. The Balaban J connectivity index is 1.54. The third kappa shape index (κ3) is 4.50. The lowest BCUT2D eigenvalue weighted by atomic mass is 10.0. The third-order valence-corrected chi connectivity index (χ3v) is 6.65. The number of rotatable bonds is 5. The Morgan fingerprint density at radius 2 is 1.84 bits per heavy atom. The van der Waals surface area contributed by atoms with Crippen LogP contribution in [0.4, 0.5) is 11.4 Å². The Hall–Kier alpha value is -3.26. The first-order valence-electron chi connectivity index (χ1n) is 10.5. The largest absolute Gasteiger partial charge is 0.312 e. The van der Waals surface area contributed by atoms with Crippen molar-refractivity contribution < 1.29 is 18.0 Å². The van der Waals surface area contributed by atoms with Crippen molar-refractivity contribution in [3.8, 4) is 0 Å². The highest BCUT2D eigenvalue weighted by molar-refractivity contribution is 7.92. The van der Waals surface area contributed by atoms with Gasteiger partial charge >= 0.3 is 0 Å². The van der Waals surface area contributed by atoms with E-state index in [9.17, 15) is 18.0 Å². The highest BCUT2D eigenvalue weighted by Gasteiger charge is 2.28. The van der Waals surface area contributed by atoms with Gasteiger partial charge in [-0.2, -0.15) is 0 Å². The third-order valence-electron chi connectivity index (χ3n) is 5.57. The van der Waals surface area contributed by atoms with E-state index in [1.807, 2.05) is 43.3 Å². The normalized spacial score (nSPS) is 13.6. The van der Waals surface area contributed by atoms with Crippen LogP contribution in [0.3, 0.4) is 0 Å². The zero-order valence-corrected chi connectivity index (χ0v) is 18.9. The summed E-state index contributed by atoms with van der Waals surface area (Å²) in [5.41, 5.74) is 3.78. The molecule has 0 spiro atoms. The Morgan fingerprint density at radius 1 is 1.06 bits per heavy atom. The average molecular weight is 452 g/mol. The van der Waals surface area contributed by atoms with E-state index in [2.05, 4.69) is 4.98 Å². The summed E-state index contributed by atoms with van der Waals surface area (Å²) in [6.07, 6.45) is 2.50. The molecule has 2 heterocycles.